The molecule has 28 heavy (non-hydrogen) atoms. The van der Waals surface area contributed by atoms with Crippen molar-refractivity contribution in [1.29, 1.82) is 0 Å². The largest absolute Gasteiger partial charge is 0.482 e. The van der Waals surface area contributed by atoms with Crippen molar-refractivity contribution < 1.29 is 24.2 Å². The third-order valence-corrected chi connectivity index (χ3v) is 4.71. The van der Waals surface area contributed by atoms with Crippen LogP contribution in [0, 0.1) is 0 Å². The maximum atomic E-state index is 12.7. The topological polar surface area (TPSA) is 95.9 Å². The highest BCUT2D eigenvalue weighted by Crippen LogP contribution is 2.33. The van der Waals surface area contributed by atoms with Crippen LogP contribution >= 0.6 is 0 Å². The molecule has 0 unspecified atom stereocenters. The molecule has 0 aromatic heterocycles. The number of fused-ring (bicyclic) bond motifs is 1. The first-order chi connectivity index (χ1) is 13.4. The Bertz CT molecular complexity index is 916. The second kappa shape index (κ2) is 8.12. The van der Waals surface area contributed by atoms with E-state index in [2.05, 4.69) is 5.32 Å². The first-order valence-corrected chi connectivity index (χ1v) is 9.15. The highest BCUT2D eigenvalue weighted by Gasteiger charge is 2.28. The van der Waals surface area contributed by atoms with Gasteiger partial charge in [0.05, 0.1) is 11.3 Å². The number of aromatic carboxylic acids is 1. The van der Waals surface area contributed by atoms with Crippen LogP contribution in [0.5, 0.6) is 5.75 Å². The Morgan fingerprint density at radius 1 is 1.14 bits per heavy atom. The number of benzene rings is 2. The number of para-hydroxylation sites is 1. The van der Waals surface area contributed by atoms with Crippen LogP contribution in [0.4, 0.5) is 11.4 Å². The van der Waals surface area contributed by atoms with Gasteiger partial charge in [0.2, 0.25) is 5.91 Å². The third kappa shape index (κ3) is 3.83. The average Bonchev–Trinajstić information content (AvgIpc) is 2.69. The van der Waals surface area contributed by atoms with Crippen molar-refractivity contribution in [3.8, 4) is 5.75 Å². The molecular weight excluding hydrogens is 360 g/mol. The summed E-state index contributed by atoms with van der Waals surface area (Å²) >= 11 is 0. The quantitative estimate of drug-likeness (QED) is 0.801. The molecule has 1 aliphatic heterocycles. The van der Waals surface area contributed by atoms with E-state index in [9.17, 15) is 19.5 Å². The molecule has 7 nitrogen and oxygen atoms in total. The van der Waals surface area contributed by atoms with Crippen molar-refractivity contribution in [3.63, 3.8) is 0 Å². The van der Waals surface area contributed by atoms with E-state index in [0.29, 0.717) is 5.75 Å². The number of nitrogens with zero attached hydrogens (tertiary/aromatic N) is 1. The summed E-state index contributed by atoms with van der Waals surface area (Å²) in [6.07, 6.45) is 1.54. The zero-order valence-corrected chi connectivity index (χ0v) is 15.8. The highest BCUT2D eigenvalue weighted by atomic mass is 16.5. The number of ether oxygens (including phenoxy) is 1. The summed E-state index contributed by atoms with van der Waals surface area (Å²) in [6.45, 7) is 3.61. The number of carboxylic acid groups (broad SMARTS) is 1. The first-order valence-electron chi connectivity index (χ1n) is 9.15. The number of anilines is 2. The van der Waals surface area contributed by atoms with Gasteiger partial charge < -0.3 is 15.2 Å². The Labute approximate surface area is 162 Å². The standard InChI is InChI=1S/C21H22N2O5/c1-3-13-6-5-7-14(4-2)20(13)22-18(24)11-23-16-10-15(21(26)27)8-9-17(16)28-12-19(23)25/h5-10H,3-4,11-12H2,1-2H3,(H,22,24)(H,26,27). The van der Waals surface area contributed by atoms with Crippen molar-refractivity contribution >= 4 is 29.2 Å². The number of rotatable bonds is 6. The van der Waals surface area contributed by atoms with E-state index in [1.807, 2.05) is 32.0 Å². The average molecular weight is 382 g/mol. The number of carbonyl (C=O) groups excluding carboxylic acids is 2. The molecule has 0 saturated heterocycles. The molecule has 2 aromatic carbocycles. The van der Waals surface area contributed by atoms with Crippen LogP contribution in [0.25, 0.3) is 0 Å². The molecule has 3 rings (SSSR count). The van der Waals surface area contributed by atoms with Gasteiger partial charge in [0.15, 0.2) is 6.61 Å². The molecular formula is C21H22N2O5. The number of carbonyl (C=O) groups is 3. The molecule has 0 fully saturated rings. The van der Waals surface area contributed by atoms with E-state index in [-0.39, 0.29) is 30.3 Å². The summed E-state index contributed by atoms with van der Waals surface area (Å²) in [7, 11) is 0. The van der Waals surface area contributed by atoms with Gasteiger partial charge >= 0.3 is 5.97 Å². The molecule has 2 amide bonds. The second-order valence-corrected chi connectivity index (χ2v) is 6.46. The summed E-state index contributed by atoms with van der Waals surface area (Å²) < 4.78 is 5.36. The number of hydrogen-bond acceptors (Lipinski definition) is 4. The van der Waals surface area contributed by atoms with Gasteiger partial charge in [-0.2, -0.15) is 0 Å². The minimum atomic E-state index is -1.12. The molecule has 2 aromatic rings. The van der Waals surface area contributed by atoms with E-state index < -0.39 is 11.9 Å². The number of nitrogens with one attached hydrogen (secondary N) is 1. The summed E-state index contributed by atoms with van der Waals surface area (Å²) in [5.41, 5.74) is 3.12. The lowest BCUT2D eigenvalue weighted by molar-refractivity contribution is -0.123. The van der Waals surface area contributed by atoms with Crippen LogP contribution < -0.4 is 15.0 Å². The Balaban J connectivity index is 1.87. The summed E-state index contributed by atoms with van der Waals surface area (Å²) in [5, 5.41) is 12.1. The van der Waals surface area contributed by atoms with Crippen LogP contribution in [0.3, 0.4) is 0 Å². The lowest BCUT2D eigenvalue weighted by Crippen LogP contribution is -2.43. The van der Waals surface area contributed by atoms with Crippen molar-refractivity contribution in [1.82, 2.24) is 0 Å². The van der Waals surface area contributed by atoms with Gasteiger partial charge in [-0.3, -0.25) is 14.5 Å². The van der Waals surface area contributed by atoms with E-state index in [0.717, 1.165) is 29.7 Å². The molecule has 0 saturated carbocycles. The predicted octanol–water partition coefficient (Wildman–Crippen LogP) is 2.87. The van der Waals surface area contributed by atoms with Crippen LogP contribution in [-0.2, 0) is 22.4 Å². The van der Waals surface area contributed by atoms with Gasteiger partial charge in [-0.25, -0.2) is 4.79 Å². The minimum absolute atomic E-state index is 0.0204. The Kier molecular flexibility index (Phi) is 5.63. The normalized spacial score (nSPS) is 12.9. The fraction of sp³-hybridized carbons (Fsp3) is 0.286. The molecule has 7 heteroatoms. The number of carboxylic acids is 1. The Morgan fingerprint density at radius 2 is 1.82 bits per heavy atom. The van der Waals surface area contributed by atoms with Crippen LogP contribution in [0.1, 0.15) is 35.3 Å². The van der Waals surface area contributed by atoms with Gasteiger partial charge in [0, 0.05) is 5.69 Å². The molecule has 0 atom stereocenters. The molecule has 0 radical (unpaired) electrons. The van der Waals surface area contributed by atoms with E-state index >= 15 is 0 Å². The number of amides is 2. The molecule has 1 heterocycles. The second-order valence-electron chi connectivity index (χ2n) is 6.46. The maximum Gasteiger partial charge on any atom is 0.335 e. The summed E-state index contributed by atoms with van der Waals surface area (Å²) in [5.74, 6) is -1.49. The lowest BCUT2D eigenvalue weighted by atomic mass is 10.0. The zero-order chi connectivity index (χ0) is 20.3. The molecule has 1 aliphatic rings. The third-order valence-electron chi connectivity index (χ3n) is 4.71. The van der Waals surface area contributed by atoms with Crippen molar-refractivity contribution in [2.45, 2.75) is 26.7 Å². The van der Waals surface area contributed by atoms with Gasteiger partial charge in [-0.05, 0) is 42.2 Å². The first kappa shape index (κ1) is 19.4. The van der Waals surface area contributed by atoms with Crippen LogP contribution in [-0.4, -0.2) is 36.0 Å². The van der Waals surface area contributed by atoms with Crippen molar-refractivity contribution in [2.24, 2.45) is 0 Å². The van der Waals surface area contributed by atoms with Crippen molar-refractivity contribution in [2.75, 3.05) is 23.4 Å². The molecule has 0 bridgehead atoms. The Hall–Kier alpha value is -3.35. The minimum Gasteiger partial charge on any atom is -0.482 e. The van der Waals surface area contributed by atoms with Crippen LogP contribution in [0.2, 0.25) is 0 Å². The Morgan fingerprint density at radius 3 is 2.43 bits per heavy atom. The van der Waals surface area contributed by atoms with Gasteiger partial charge in [-0.15, -0.1) is 0 Å². The molecule has 0 spiro atoms. The fourth-order valence-corrected chi connectivity index (χ4v) is 3.23. The van der Waals surface area contributed by atoms with E-state index in [1.165, 1.54) is 23.1 Å². The SMILES string of the molecule is CCc1cccc(CC)c1NC(=O)CN1C(=O)COc2ccc(C(=O)O)cc21. The van der Waals surface area contributed by atoms with E-state index in [1.54, 1.807) is 0 Å². The molecule has 146 valence electrons. The highest BCUT2D eigenvalue weighted by molar-refractivity contribution is 6.06. The maximum absolute atomic E-state index is 12.7. The smallest absolute Gasteiger partial charge is 0.335 e. The molecule has 0 aliphatic carbocycles. The zero-order valence-electron chi connectivity index (χ0n) is 15.8. The summed E-state index contributed by atoms with van der Waals surface area (Å²) in [4.78, 5) is 37.6. The lowest BCUT2D eigenvalue weighted by Gasteiger charge is -2.29. The van der Waals surface area contributed by atoms with Gasteiger partial charge in [0.1, 0.15) is 12.3 Å². The monoisotopic (exact) mass is 382 g/mol. The number of aryl methyl sites for hydroxylation is 2. The number of hydrogen-bond donors (Lipinski definition) is 2. The van der Waals surface area contributed by atoms with Crippen molar-refractivity contribution in [3.05, 3.63) is 53.1 Å². The molecule has 2 N–H and O–H groups in total. The summed E-state index contributed by atoms with van der Waals surface area (Å²) in [6, 6.07) is 10.1. The predicted molar refractivity (Wildman–Crippen MR) is 105 cm³/mol. The van der Waals surface area contributed by atoms with Gasteiger partial charge in [0.25, 0.3) is 5.91 Å². The fourth-order valence-electron chi connectivity index (χ4n) is 3.23. The van der Waals surface area contributed by atoms with Crippen LogP contribution in [0.15, 0.2) is 36.4 Å². The van der Waals surface area contributed by atoms with E-state index in [4.69, 9.17) is 4.74 Å². The van der Waals surface area contributed by atoms with Gasteiger partial charge in [-0.1, -0.05) is 32.0 Å².